The van der Waals surface area contributed by atoms with Crippen LogP contribution >= 0.6 is 0 Å². The summed E-state index contributed by atoms with van der Waals surface area (Å²) in [5, 5.41) is 7.77. The van der Waals surface area contributed by atoms with Crippen molar-refractivity contribution >= 4 is 28.3 Å². The SMILES string of the molecule is Cc1nccc2c(NC(=O)NC3CCN(c4ncc(C(F)(F)F)cc4-c4ccc(F)cc4)CC3)cccc12. The number of piperidine rings is 1. The van der Waals surface area contributed by atoms with Gasteiger partial charge in [-0.2, -0.15) is 13.2 Å². The summed E-state index contributed by atoms with van der Waals surface area (Å²) in [6.45, 7) is 2.88. The van der Waals surface area contributed by atoms with Gasteiger partial charge >= 0.3 is 12.2 Å². The zero-order chi connectivity index (χ0) is 26.9. The van der Waals surface area contributed by atoms with Crippen molar-refractivity contribution in [1.29, 1.82) is 0 Å². The molecule has 38 heavy (non-hydrogen) atoms. The number of nitrogens with zero attached hydrogens (tertiary/aromatic N) is 3. The van der Waals surface area contributed by atoms with Crippen molar-refractivity contribution in [2.75, 3.05) is 23.3 Å². The molecule has 0 atom stereocenters. The van der Waals surface area contributed by atoms with Crippen LogP contribution in [0.1, 0.15) is 24.1 Å². The van der Waals surface area contributed by atoms with Gasteiger partial charge in [0.25, 0.3) is 0 Å². The van der Waals surface area contributed by atoms with Crippen LogP contribution in [0.15, 0.2) is 67.0 Å². The van der Waals surface area contributed by atoms with Gasteiger partial charge in [0, 0.05) is 53.6 Å². The van der Waals surface area contributed by atoms with E-state index in [0.29, 0.717) is 43.0 Å². The van der Waals surface area contributed by atoms with Gasteiger partial charge in [-0.25, -0.2) is 14.2 Å². The molecular formula is C28H25F4N5O. The lowest BCUT2D eigenvalue weighted by molar-refractivity contribution is -0.137. The van der Waals surface area contributed by atoms with E-state index in [1.165, 1.54) is 24.3 Å². The number of anilines is 2. The van der Waals surface area contributed by atoms with Crippen LogP contribution in [-0.2, 0) is 6.18 Å². The normalized spacial score (nSPS) is 14.5. The minimum absolute atomic E-state index is 0.117. The van der Waals surface area contributed by atoms with Gasteiger partial charge in [0.1, 0.15) is 11.6 Å². The van der Waals surface area contributed by atoms with E-state index in [0.717, 1.165) is 28.7 Å². The number of urea groups is 1. The molecule has 2 aromatic heterocycles. The van der Waals surface area contributed by atoms with E-state index in [2.05, 4.69) is 20.6 Å². The maximum Gasteiger partial charge on any atom is 0.417 e. The molecule has 1 aliphatic heterocycles. The number of benzene rings is 2. The maximum atomic E-state index is 13.5. The van der Waals surface area contributed by atoms with E-state index in [9.17, 15) is 22.4 Å². The molecule has 0 saturated carbocycles. The molecule has 1 aliphatic rings. The predicted molar refractivity (Wildman–Crippen MR) is 139 cm³/mol. The van der Waals surface area contributed by atoms with Crippen LogP contribution in [0.2, 0.25) is 0 Å². The summed E-state index contributed by atoms with van der Waals surface area (Å²) in [6, 6.07) is 13.4. The van der Waals surface area contributed by atoms with Crippen molar-refractivity contribution in [2.24, 2.45) is 0 Å². The van der Waals surface area contributed by atoms with Crippen LogP contribution < -0.4 is 15.5 Å². The minimum atomic E-state index is -4.55. The average molecular weight is 524 g/mol. The third kappa shape index (κ3) is 5.39. The van der Waals surface area contributed by atoms with Gasteiger partial charge in [-0.1, -0.05) is 24.3 Å². The first-order chi connectivity index (χ1) is 18.2. The fourth-order valence-electron chi connectivity index (χ4n) is 4.75. The Morgan fingerprint density at radius 3 is 2.45 bits per heavy atom. The second kappa shape index (κ2) is 10.3. The van der Waals surface area contributed by atoms with E-state index in [1.54, 1.807) is 6.20 Å². The van der Waals surface area contributed by atoms with Gasteiger partial charge < -0.3 is 15.5 Å². The van der Waals surface area contributed by atoms with Crippen molar-refractivity contribution < 1.29 is 22.4 Å². The van der Waals surface area contributed by atoms with Crippen LogP contribution in [0.4, 0.5) is 33.9 Å². The largest absolute Gasteiger partial charge is 0.417 e. The molecule has 0 spiro atoms. The molecule has 5 rings (SSSR count). The monoisotopic (exact) mass is 523 g/mol. The van der Waals surface area contributed by atoms with Crippen LogP contribution in [-0.4, -0.2) is 35.1 Å². The van der Waals surface area contributed by atoms with E-state index < -0.39 is 17.6 Å². The molecule has 4 aromatic rings. The fourth-order valence-corrected chi connectivity index (χ4v) is 4.75. The number of nitrogens with one attached hydrogen (secondary N) is 2. The van der Waals surface area contributed by atoms with Gasteiger partial charge in [-0.3, -0.25) is 4.98 Å². The third-order valence-electron chi connectivity index (χ3n) is 6.73. The number of hydrogen-bond acceptors (Lipinski definition) is 4. The standard InChI is InChI=1S/C28H25F4N5O/c1-17-22-3-2-4-25(23(22)9-12-33-17)36-27(38)35-21-10-13-37(14-11-21)26-24(18-5-7-20(29)8-6-18)15-19(16-34-26)28(30,31)32/h2-9,12,15-16,21H,10-11,13-14H2,1H3,(H2,35,36,38). The smallest absolute Gasteiger partial charge is 0.356 e. The fraction of sp³-hybridized carbons (Fsp3) is 0.250. The zero-order valence-corrected chi connectivity index (χ0v) is 20.5. The van der Waals surface area contributed by atoms with E-state index in [4.69, 9.17) is 0 Å². The Balaban J connectivity index is 1.28. The Bertz CT molecular complexity index is 1460. The van der Waals surface area contributed by atoms with Gasteiger partial charge in [0.15, 0.2) is 0 Å². The molecule has 196 valence electrons. The number of alkyl halides is 3. The minimum Gasteiger partial charge on any atom is -0.356 e. The highest BCUT2D eigenvalue weighted by Crippen LogP contribution is 2.37. The maximum absolute atomic E-state index is 13.5. The average Bonchev–Trinajstić information content (AvgIpc) is 2.89. The Hall–Kier alpha value is -4.21. The van der Waals surface area contributed by atoms with Crippen molar-refractivity contribution in [1.82, 2.24) is 15.3 Å². The highest BCUT2D eigenvalue weighted by Gasteiger charge is 2.33. The van der Waals surface area contributed by atoms with Crippen molar-refractivity contribution in [3.63, 3.8) is 0 Å². The van der Waals surface area contributed by atoms with Crippen LogP contribution in [0, 0.1) is 12.7 Å². The summed E-state index contributed by atoms with van der Waals surface area (Å²) in [4.78, 5) is 23.1. The summed E-state index contributed by atoms with van der Waals surface area (Å²) < 4.78 is 53.6. The number of carbonyl (C=O) groups excluding carboxylic acids is 1. The lowest BCUT2D eigenvalue weighted by atomic mass is 10.0. The third-order valence-corrected chi connectivity index (χ3v) is 6.73. The highest BCUT2D eigenvalue weighted by atomic mass is 19.4. The number of hydrogen-bond donors (Lipinski definition) is 2. The first-order valence-electron chi connectivity index (χ1n) is 12.2. The number of fused-ring (bicyclic) bond motifs is 1. The zero-order valence-electron chi connectivity index (χ0n) is 20.5. The molecule has 6 nitrogen and oxygen atoms in total. The number of pyridine rings is 2. The van der Waals surface area contributed by atoms with Gasteiger partial charge in [0.05, 0.1) is 11.3 Å². The Kier molecular flexibility index (Phi) is 6.88. The first kappa shape index (κ1) is 25.4. The number of carbonyl (C=O) groups is 1. The molecule has 2 amide bonds. The number of aromatic nitrogens is 2. The number of amides is 2. The molecule has 1 saturated heterocycles. The van der Waals surface area contributed by atoms with Crippen molar-refractivity contribution in [2.45, 2.75) is 32.0 Å². The molecule has 3 heterocycles. The predicted octanol–water partition coefficient (Wildman–Crippen LogP) is 6.55. The molecule has 0 bridgehead atoms. The van der Waals surface area contributed by atoms with Gasteiger partial charge in [-0.15, -0.1) is 0 Å². The van der Waals surface area contributed by atoms with Crippen molar-refractivity contribution in [3.05, 3.63) is 84.1 Å². The topological polar surface area (TPSA) is 70.2 Å². The molecule has 2 N–H and O–H groups in total. The highest BCUT2D eigenvalue weighted by molar-refractivity contribution is 6.02. The molecule has 2 aromatic carbocycles. The first-order valence-corrected chi connectivity index (χ1v) is 12.2. The second-order valence-corrected chi connectivity index (χ2v) is 9.26. The molecule has 0 unspecified atom stereocenters. The summed E-state index contributed by atoms with van der Waals surface area (Å²) >= 11 is 0. The summed E-state index contributed by atoms with van der Waals surface area (Å²) in [7, 11) is 0. The summed E-state index contributed by atoms with van der Waals surface area (Å²) in [5.74, 6) is -0.0806. The molecule has 0 aliphatic carbocycles. The Labute approximate surface area is 216 Å². The Morgan fingerprint density at radius 2 is 1.74 bits per heavy atom. The van der Waals surface area contributed by atoms with E-state index in [1.807, 2.05) is 36.1 Å². The van der Waals surface area contributed by atoms with Crippen molar-refractivity contribution in [3.8, 4) is 11.1 Å². The number of halogens is 4. The van der Waals surface area contributed by atoms with E-state index in [-0.39, 0.29) is 17.6 Å². The Morgan fingerprint density at radius 1 is 1.00 bits per heavy atom. The quantitative estimate of drug-likeness (QED) is 0.298. The van der Waals surface area contributed by atoms with Crippen LogP contribution in [0.25, 0.3) is 21.9 Å². The molecular weight excluding hydrogens is 498 g/mol. The number of rotatable bonds is 4. The van der Waals surface area contributed by atoms with Crippen LogP contribution in [0.5, 0.6) is 0 Å². The van der Waals surface area contributed by atoms with E-state index >= 15 is 0 Å². The molecule has 1 fully saturated rings. The van der Waals surface area contributed by atoms with Crippen LogP contribution in [0.3, 0.4) is 0 Å². The lowest BCUT2D eigenvalue weighted by Crippen LogP contribution is -2.46. The van der Waals surface area contributed by atoms with Gasteiger partial charge in [-0.05, 0) is 55.7 Å². The molecule has 0 radical (unpaired) electrons. The molecule has 10 heteroatoms. The summed E-state index contributed by atoms with van der Waals surface area (Å²) in [5.41, 5.74) is 1.41. The van der Waals surface area contributed by atoms with Gasteiger partial charge in [0.2, 0.25) is 0 Å². The number of aryl methyl sites for hydroxylation is 1. The lowest BCUT2D eigenvalue weighted by Gasteiger charge is -2.34. The second-order valence-electron chi connectivity index (χ2n) is 9.26. The summed E-state index contributed by atoms with van der Waals surface area (Å²) in [6.07, 6.45) is -0.869.